The van der Waals surface area contributed by atoms with Gasteiger partial charge in [0, 0.05) is 9.80 Å². The molecule has 1 atom stereocenters. The molecule has 1 rings (SSSR count). The van der Waals surface area contributed by atoms with Crippen LogP contribution in [0.25, 0.3) is 0 Å². The second kappa shape index (κ2) is 5.49. The summed E-state index contributed by atoms with van der Waals surface area (Å²) in [6.07, 6.45) is 1.13. The molecule has 2 heteroatoms. The zero-order chi connectivity index (χ0) is 11.5. The average Bonchev–Trinajstić information content (AvgIpc) is 2.12. The van der Waals surface area contributed by atoms with Crippen molar-refractivity contribution in [2.24, 2.45) is 11.3 Å². The fourth-order valence-electron chi connectivity index (χ4n) is 1.54. The molecule has 0 bridgehead atoms. The Balaban J connectivity index is 2.76. The molecule has 0 heterocycles. The molecule has 0 nitrogen and oxygen atoms in total. The molecule has 0 fully saturated rings. The summed E-state index contributed by atoms with van der Waals surface area (Å²) in [6, 6.07) is 8.59. The first-order valence-corrected chi connectivity index (χ1v) is 7.15. The minimum atomic E-state index is 0.353. The SMILES string of the molecule is CC(C)(C)C(CBr)Cc1cccc(Br)c1. The van der Waals surface area contributed by atoms with Gasteiger partial charge in [-0.25, -0.2) is 0 Å². The van der Waals surface area contributed by atoms with Gasteiger partial charge < -0.3 is 0 Å². The lowest BCUT2D eigenvalue weighted by molar-refractivity contribution is 0.267. The molecule has 0 N–H and O–H groups in total. The predicted molar refractivity (Wildman–Crippen MR) is 74.6 cm³/mol. The Morgan fingerprint density at radius 2 is 1.93 bits per heavy atom. The van der Waals surface area contributed by atoms with Crippen molar-refractivity contribution in [2.45, 2.75) is 27.2 Å². The fourth-order valence-corrected chi connectivity index (χ4v) is 3.19. The van der Waals surface area contributed by atoms with Gasteiger partial charge >= 0.3 is 0 Å². The van der Waals surface area contributed by atoms with Crippen molar-refractivity contribution in [1.29, 1.82) is 0 Å². The lowest BCUT2D eigenvalue weighted by atomic mass is 9.78. The Morgan fingerprint density at radius 1 is 1.27 bits per heavy atom. The first-order valence-electron chi connectivity index (χ1n) is 5.24. The van der Waals surface area contributed by atoms with Gasteiger partial charge in [-0.3, -0.25) is 0 Å². The van der Waals surface area contributed by atoms with Crippen LogP contribution in [0.5, 0.6) is 0 Å². The third-order valence-electron chi connectivity index (χ3n) is 2.78. The van der Waals surface area contributed by atoms with Gasteiger partial charge in [0.2, 0.25) is 0 Å². The van der Waals surface area contributed by atoms with Gasteiger partial charge in [-0.1, -0.05) is 64.8 Å². The van der Waals surface area contributed by atoms with Crippen molar-refractivity contribution >= 4 is 31.9 Å². The predicted octanol–water partition coefficient (Wildman–Crippen LogP) is 5.05. The second-order valence-electron chi connectivity index (χ2n) is 5.05. The Kier molecular flexibility index (Phi) is 4.85. The number of hydrogen-bond donors (Lipinski definition) is 0. The standard InChI is InChI=1S/C13H18Br2/c1-13(2,3)11(9-14)7-10-5-4-6-12(15)8-10/h4-6,8,11H,7,9H2,1-3H3. The Bertz CT molecular complexity index is 313. The van der Waals surface area contributed by atoms with Gasteiger partial charge in [-0.15, -0.1) is 0 Å². The number of hydrogen-bond acceptors (Lipinski definition) is 0. The van der Waals surface area contributed by atoms with E-state index in [1.807, 2.05) is 0 Å². The third-order valence-corrected chi connectivity index (χ3v) is 4.06. The summed E-state index contributed by atoms with van der Waals surface area (Å²) in [7, 11) is 0. The van der Waals surface area contributed by atoms with Gasteiger partial charge in [-0.2, -0.15) is 0 Å². The summed E-state index contributed by atoms with van der Waals surface area (Å²) in [4.78, 5) is 0. The van der Waals surface area contributed by atoms with E-state index in [-0.39, 0.29) is 0 Å². The highest BCUT2D eigenvalue weighted by Crippen LogP contribution is 2.31. The van der Waals surface area contributed by atoms with Crippen molar-refractivity contribution in [3.63, 3.8) is 0 Å². The van der Waals surface area contributed by atoms with E-state index in [0.29, 0.717) is 11.3 Å². The van der Waals surface area contributed by atoms with Crippen LogP contribution in [-0.2, 0) is 6.42 Å². The van der Waals surface area contributed by atoms with Gasteiger partial charge in [-0.05, 0) is 35.4 Å². The Labute approximate surface area is 110 Å². The highest BCUT2D eigenvalue weighted by molar-refractivity contribution is 9.10. The van der Waals surface area contributed by atoms with Gasteiger partial charge in [0.15, 0.2) is 0 Å². The van der Waals surface area contributed by atoms with Gasteiger partial charge in [0.25, 0.3) is 0 Å². The lowest BCUT2D eigenvalue weighted by Gasteiger charge is -2.29. The number of alkyl halides is 1. The molecule has 0 amide bonds. The molecule has 0 aliphatic heterocycles. The molecule has 0 aliphatic rings. The number of rotatable bonds is 3. The highest BCUT2D eigenvalue weighted by Gasteiger charge is 2.23. The van der Waals surface area contributed by atoms with Crippen molar-refractivity contribution in [3.05, 3.63) is 34.3 Å². The quantitative estimate of drug-likeness (QED) is 0.679. The third kappa shape index (κ3) is 4.28. The number of benzene rings is 1. The molecule has 0 saturated heterocycles. The maximum Gasteiger partial charge on any atom is 0.0177 e. The molecule has 0 spiro atoms. The molecule has 1 aromatic rings. The maximum absolute atomic E-state index is 3.62. The smallest absolute Gasteiger partial charge is 0.0177 e. The fraction of sp³-hybridized carbons (Fsp3) is 0.538. The summed E-state index contributed by atoms with van der Waals surface area (Å²) < 4.78 is 1.17. The van der Waals surface area contributed by atoms with Crippen molar-refractivity contribution in [2.75, 3.05) is 5.33 Å². The minimum absolute atomic E-state index is 0.353. The van der Waals surface area contributed by atoms with Crippen LogP contribution >= 0.6 is 31.9 Å². The monoisotopic (exact) mass is 332 g/mol. The first-order chi connectivity index (χ1) is 6.93. The molecule has 1 aromatic carbocycles. The second-order valence-corrected chi connectivity index (χ2v) is 6.61. The highest BCUT2D eigenvalue weighted by atomic mass is 79.9. The largest absolute Gasteiger partial charge is 0.0925 e. The molecule has 15 heavy (non-hydrogen) atoms. The van der Waals surface area contributed by atoms with Gasteiger partial charge in [0.05, 0.1) is 0 Å². The maximum atomic E-state index is 3.62. The summed E-state index contributed by atoms with van der Waals surface area (Å²) in [5.41, 5.74) is 1.76. The average molecular weight is 334 g/mol. The Hall–Kier alpha value is 0.180. The van der Waals surface area contributed by atoms with E-state index in [4.69, 9.17) is 0 Å². The molecule has 84 valence electrons. The van der Waals surface area contributed by atoms with Crippen molar-refractivity contribution < 1.29 is 0 Å². The van der Waals surface area contributed by atoms with Crippen LogP contribution in [0.3, 0.4) is 0 Å². The van der Waals surface area contributed by atoms with E-state index < -0.39 is 0 Å². The number of halogens is 2. The zero-order valence-electron chi connectivity index (χ0n) is 9.56. The van der Waals surface area contributed by atoms with Crippen LogP contribution in [0, 0.1) is 11.3 Å². The van der Waals surface area contributed by atoms with E-state index in [1.165, 1.54) is 10.0 Å². The lowest BCUT2D eigenvalue weighted by Crippen LogP contribution is -2.23. The van der Waals surface area contributed by atoms with Crippen LogP contribution in [0.2, 0.25) is 0 Å². The summed E-state index contributed by atoms with van der Waals surface area (Å²) >= 11 is 7.13. The molecular weight excluding hydrogens is 316 g/mol. The topological polar surface area (TPSA) is 0 Å². The van der Waals surface area contributed by atoms with Crippen molar-refractivity contribution in [3.8, 4) is 0 Å². The van der Waals surface area contributed by atoms with Crippen LogP contribution in [0.1, 0.15) is 26.3 Å². The zero-order valence-corrected chi connectivity index (χ0v) is 12.7. The van der Waals surface area contributed by atoms with Crippen LogP contribution in [-0.4, -0.2) is 5.33 Å². The minimum Gasteiger partial charge on any atom is -0.0925 e. The van der Waals surface area contributed by atoms with Crippen LogP contribution in [0.15, 0.2) is 28.7 Å². The molecule has 0 saturated carbocycles. The Morgan fingerprint density at radius 3 is 2.40 bits per heavy atom. The molecule has 0 aliphatic carbocycles. The van der Waals surface area contributed by atoms with Crippen LogP contribution in [0.4, 0.5) is 0 Å². The summed E-state index contributed by atoms with van der Waals surface area (Å²) in [5, 5.41) is 1.06. The summed E-state index contributed by atoms with van der Waals surface area (Å²) in [5.74, 6) is 0.673. The van der Waals surface area contributed by atoms with Crippen molar-refractivity contribution in [1.82, 2.24) is 0 Å². The van der Waals surface area contributed by atoms with E-state index in [0.717, 1.165) is 11.8 Å². The normalized spacial score (nSPS) is 13.9. The molecule has 0 aromatic heterocycles. The van der Waals surface area contributed by atoms with E-state index in [2.05, 4.69) is 76.9 Å². The van der Waals surface area contributed by atoms with Crippen LogP contribution < -0.4 is 0 Å². The summed E-state index contributed by atoms with van der Waals surface area (Å²) in [6.45, 7) is 6.91. The molecular formula is C13H18Br2. The van der Waals surface area contributed by atoms with E-state index >= 15 is 0 Å². The molecule has 1 unspecified atom stereocenters. The molecule has 0 radical (unpaired) electrons. The van der Waals surface area contributed by atoms with E-state index in [1.54, 1.807) is 0 Å². The van der Waals surface area contributed by atoms with E-state index in [9.17, 15) is 0 Å². The van der Waals surface area contributed by atoms with Gasteiger partial charge in [0.1, 0.15) is 0 Å². The first kappa shape index (κ1) is 13.2.